The van der Waals surface area contributed by atoms with Gasteiger partial charge in [0, 0.05) is 51.3 Å². The van der Waals surface area contributed by atoms with Crippen LogP contribution in [0.2, 0.25) is 5.02 Å². The number of hydrogen-bond acceptors (Lipinski definition) is 4. The summed E-state index contributed by atoms with van der Waals surface area (Å²) < 4.78 is 1.92. The average Bonchev–Trinajstić information content (AvgIpc) is 3.44. The van der Waals surface area contributed by atoms with Crippen LogP contribution in [0.5, 0.6) is 0 Å². The van der Waals surface area contributed by atoms with E-state index in [1.165, 1.54) is 11.1 Å². The molecule has 7 nitrogen and oxygen atoms in total. The van der Waals surface area contributed by atoms with Gasteiger partial charge in [0.15, 0.2) is 5.96 Å². The van der Waals surface area contributed by atoms with Crippen molar-refractivity contribution in [3.63, 3.8) is 0 Å². The number of rotatable bonds is 6. The molecule has 3 aromatic rings. The van der Waals surface area contributed by atoms with Gasteiger partial charge in [-0.25, -0.2) is 4.98 Å². The maximum Gasteiger partial charge on any atom is 0.191 e. The van der Waals surface area contributed by atoms with Gasteiger partial charge in [-0.1, -0.05) is 35.9 Å². The first-order valence-electron chi connectivity index (χ1n) is 10.1. The first-order valence-corrected chi connectivity index (χ1v) is 10.5. The molecule has 31 heavy (non-hydrogen) atoms. The van der Waals surface area contributed by atoms with Gasteiger partial charge < -0.3 is 15.5 Å². The largest absolute Gasteiger partial charge is 0.353 e. The van der Waals surface area contributed by atoms with Crippen molar-refractivity contribution in [2.45, 2.75) is 25.6 Å². The molecule has 1 fully saturated rings. The minimum Gasteiger partial charge on any atom is -0.353 e. The first-order chi connectivity index (χ1) is 14.7. The van der Waals surface area contributed by atoms with Crippen LogP contribution in [-0.2, 0) is 13.1 Å². The molecule has 1 aromatic carbocycles. The lowest BCUT2D eigenvalue weighted by Gasteiger charge is -2.20. The van der Waals surface area contributed by atoms with Crippen molar-refractivity contribution in [2.75, 3.05) is 25.0 Å². The van der Waals surface area contributed by atoms with Gasteiger partial charge in [0.1, 0.15) is 5.82 Å². The van der Waals surface area contributed by atoms with E-state index >= 15 is 0 Å². The molecular weight excluding hydrogens is 525 g/mol. The van der Waals surface area contributed by atoms with Gasteiger partial charge >= 0.3 is 0 Å². The quantitative estimate of drug-likeness (QED) is 0.279. The second kappa shape index (κ2) is 11.3. The SMILES string of the molecule is CN=C(NCc1cccc(Cn2cccn2)c1)NC1CCN(c2ncccc2Cl)C1.I. The zero-order valence-electron chi connectivity index (χ0n) is 17.4. The van der Waals surface area contributed by atoms with Gasteiger partial charge in [-0.15, -0.1) is 24.0 Å². The summed E-state index contributed by atoms with van der Waals surface area (Å²) in [6.45, 7) is 3.23. The highest BCUT2D eigenvalue weighted by Gasteiger charge is 2.25. The monoisotopic (exact) mass is 551 g/mol. The molecule has 0 radical (unpaired) electrons. The fraction of sp³-hybridized carbons (Fsp3) is 0.318. The number of pyridine rings is 1. The number of aliphatic imine (C=N–C) groups is 1. The van der Waals surface area contributed by atoms with E-state index in [-0.39, 0.29) is 24.0 Å². The van der Waals surface area contributed by atoms with Crippen LogP contribution in [-0.4, -0.2) is 46.9 Å². The molecule has 164 valence electrons. The number of benzene rings is 1. The predicted molar refractivity (Wildman–Crippen MR) is 136 cm³/mol. The Labute approximate surface area is 204 Å². The summed E-state index contributed by atoms with van der Waals surface area (Å²) >= 11 is 6.29. The maximum absolute atomic E-state index is 6.29. The standard InChI is InChI=1S/C22H26ClN7.HI/c1-24-22(28-19-8-12-29(16-19)21-20(23)7-3-9-25-21)26-14-17-5-2-6-18(13-17)15-30-11-4-10-27-30;/h2-7,9-11,13,19H,8,12,14-16H2,1H3,(H2,24,26,28);1H. The summed E-state index contributed by atoms with van der Waals surface area (Å²) in [6.07, 6.45) is 6.56. The summed E-state index contributed by atoms with van der Waals surface area (Å²) in [6, 6.07) is 14.5. The number of nitrogens with zero attached hydrogens (tertiary/aromatic N) is 5. The van der Waals surface area contributed by atoms with Crippen molar-refractivity contribution in [1.29, 1.82) is 0 Å². The van der Waals surface area contributed by atoms with E-state index in [1.807, 2.05) is 29.1 Å². The van der Waals surface area contributed by atoms with E-state index in [9.17, 15) is 0 Å². The molecule has 1 atom stereocenters. The predicted octanol–water partition coefficient (Wildman–Crippen LogP) is 3.54. The van der Waals surface area contributed by atoms with Crippen LogP contribution in [0.15, 0.2) is 66.0 Å². The Morgan fingerprint density at radius 2 is 2.06 bits per heavy atom. The number of aromatic nitrogens is 3. The zero-order chi connectivity index (χ0) is 20.8. The van der Waals surface area contributed by atoms with Crippen LogP contribution >= 0.6 is 35.6 Å². The Bertz CT molecular complexity index is 993. The summed E-state index contributed by atoms with van der Waals surface area (Å²) in [5, 5.41) is 11.9. The third kappa shape index (κ3) is 6.33. The number of hydrogen-bond donors (Lipinski definition) is 2. The van der Waals surface area contributed by atoms with Crippen LogP contribution < -0.4 is 15.5 Å². The van der Waals surface area contributed by atoms with Gasteiger partial charge in [0.25, 0.3) is 0 Å². The highest BCUT2D eigenvalue weighted by Crippen LogP contribution is 2.25. The molecule has 0 amide bonds. The van der Waals surface area contributed by atoms with Gasteiger partial charge in [-0.3, -0.25) is 9.67 Å². The van der Waals surface area contributed by atoms with E-state index < -0.39 is 0 Å². The molecule has 2 aromatic heterocycles. The molecule has 1 saturated heterocycles. The van der Waals surface area contributed by atoms with Gasteiger partial charge in [0.05, 0.1) is 11.6 Å². The lowest BCUT2D eigenvalue weighted by molar-refractivity contribution is 0.648. The third-order valence-corrected chi connectivity index (χ3v) is 5.44. The van der Waals surface area contributed by atoms with Gasteiger partial charge in [-0.2, -0.15) is 5.10 Å². The van der Waals surface area contributed by atoms with Crippen molar-refractivity contribution in [3.05, 3.63) is 77.2 Å². The fourth-order valence-electron chi connectivity index (χ4n) is 3.67. The number of halogens is 2. The van der Waals surface area contributed by atoms with Crippen molar-refractivity contribution < 1.29 is 0 Å². The maximum atomic E-state index is 6.29. The minimum absolute atomic E-state index is 0. The molecule has 0 spiro atoms. The molecule has 1 aliphatic rings. The molecular formula is C22H27ClIN7. The Morgan fingerprint density at radius 3 is 2.84 bits per heavy atom. The van der Waals surface area contributed by atoms with Crippen LogP contribution in [0.3, 0.4) is 0 Å². The van der Waals surface area contributed by atoms with Crippen LogP contribution in [0.1, 0.15) is 17.5 Å². The third-order valence-electron chi connectivity index (χ3n) is 5.15. The molecule has 9 heteroatoms. The van der Waals surface area contributed by atoms with Crippen molar-refractivity contribution in [3.8, 4) is 0 Å². The van der Waals surface area contributed by atoms with E-state index in [4.69, 9.17) is 11.6 Å². The van der Waals surface area contributed by atoms with Crippen LogP contribution in [0.4, 0.5) is 5.82 Å². The number of anilines is 1. The smallest absolute Gasteiger partial charge is 0.191 e. The Morgan fingerprint density at radius 1 is 1.19 bits per heavy atom. The topological polar surface area (TPSA) is 70.4 Å². The molecule has 1 unspecified atom stereocenters. The van der Waals surface area contributed by atoms with E-state index in [0.717, 1.165) is 37.8 Å². The summed E-state index contributed by atoms with van der Waals surface area (Å²) in [5.74, 6) is 1.65. The molecule has 3 heterocycles. The van der Waals surface area contributed by atoms with E-state index in [1.54, 1.807) is 19.4 Å². The lowest BCUT2D eigenvalue weighted by atomic mass is 10.1. The van der Waals surface area contributed by atoms with E-state index in [0.29, 0.717) is 17.6 Å². The molecule has 0 bridgehead atoms. The lowest BCUT2D eigenvalue weighted by Crippen LogP contribution is -2.44. The normalized spacial score (nSPS) is 16.1. The zero-order valence-corrected chi connectivity index (χ0v) is 20.5. The average molecular weight is 552 g/mol. The molecule has 0 aliphatic carbocycles. The van der Waals surface area contributed by atoms with Crippen molar-refractivity contribution >= 4 is 47.4 Å². The second-order valence-electron chi connectivity index (χ2n) is 7.33. The summed E-state index contributed by atoms with van der Waals surface area (Å²) in [7, 11) is 1.80. The first kappa shape index (κ1) is 23.3. The highest BCUT2D eigenvalue weighted by atomic mass is 127. The van der Waals surface area contributed by atoms with Crippen molar-refractivity contribution in [2.24, 2.45) is 4.99 Å². The van der Waals surface area contributed by atoms with Gasteiger partial charge in [0.2, 0.25) is 0 Å². The van der Waals surface area contributed by atoms with E-state index in [2.05, 4.69) is 54.9 Å². The van der Waals surface area contributed by atoms with Crippen LogP contribution in [0.25, 0.3) is 0 Å². The number of nitrogens with one attached hydrogen (secondary N) is 2. The van der Waals surface area contributed by atoms with Crippen molar-refractivity contribution in [1.82, 2.24) is 25.4 Å². The molecule has 2 N–H and O–H groups in total. The summed E-state index contributed by atoms with van der Waals surface area (Å²) in [4.78, 5) is 11.0. The summed E-state index contributed by atoms with van der Waals surface area (Å²) in [5.41, 5.74) is 2.43. The highest BCUT2D eigenvalue weighted by molar-refractivity contribution is 14.0. The Kier molecular flexibility index (Phi) is 8.53. The second-order valence-corrected chi connectivity index (χ2v) is 7.74. The Hall–Kier alpha value is -2.33. The fourth-order valence-corrected chi connectivity index (χ4v) is 3.91. The van der Waals surface area contributed by atoms with Gasteiger partial charge in [-0.05, 0) is 35.7 Å². The molecule has 4 rings (SSSR count). The minimum atomic E-state index is 0. The Balaban J connectivity index is 0.00000272. The molecule has 0 saturated carbocycles. The van der Waals surface area contributed by atoms with Crippen LogP contribution in [0, 0.1) is 0 Å². The molecule has 1 aliphatic heterocycles. The number of guanidine groups is 1.